The van der Waals surface area contributed by atoms with Gasteiger partial charge >= 0.3 is 0 Å². The highest BCUT2D eigenvalue weighted by Gasteiger charge is 2.23. The molecule has 122 valence electrons. The molecule has 4 nitrogen and oxygen atoms in total. The van der Waals surface area contributed by atoms with Crippen molar-refractivity contribution in [1.29, 1.82) is 0 Å². The maximum Gasteiger partial charge on any atom is 0.258 e. The van der Waals surface area contributed by atoms with Crippen LogP contribution in [0.3, 0.4) is 0 Å². The average Bonchev–Trinajstić information content (AvgIpc) is 2.53. The Balaban J connectivity index is 1.83. The van der Waals surface area contributed by atoms with Crippen LogP contribution in [-0.2, 0) is 10.4 Å². The first kappa shape index (κ1) is 16.9. The summed E-state index contributed by atoms with van der Waals surface area (Å²) in [5.41, 5.74) is -0.849. The number of hydrogen-bond acceptors (Lipinski definition) is 3. The van der Waals surface area contributed by atoms with Crippen molar-refractivity contribution in [2.45, 2.75) is 12.5 Å². The Kier molecular flexibility index (Phi) is 5.28. The fourth-order valence-corrected chi connectivity index (χ4v) is 1.91. The molecule has 0 aliphatic carbocycles. The SMILES string of the molecule is CC(O)(CNC(=O)COc1ccc(F)cc1)c1ccc(F)cc1. The van der Waals surface area contributed by atoms with Gasteiger partial charge in [-0.1, -0.05) is 12.1 Å². The van der Waals surface area contributed by atoms with Crippen LogP contribution < -0.4 is 10.1 Å². The number of halogens is 2. The Morgan fingerprint density at radius 3 is 2.17 bits per heavy atom. The van der Waals surface area contributed by atoms with Gasteiger partial charge in [0.15, 0.2) is 6.61 Å². The number of amides is 1. The average molecular weight is 321 g/mol. The van der Waals surface area contributed by atoms with Crippen LogP contribution in [0.15, 0.2) is 48.5 Å². The molecular formula is C17H17F2NO3. The van der Waals surface area contributed by atoms with Gasteiger partial charge in [-0.3, -0.25) is 4.79 Å². The van der Waals surface area contributed by atoms with Crippen molar-refractivity contribution in [2.24, 2.45) is 0 Å². The van der Waals surface area contributed by atoms with Crippen LogP contribution in [0.25, 0.3) is 0 Å². The molecular weight excluding hydrogens is 304 g/mol. The normalized spacial score (nSPS) is 13.2. The summed E-state index contributed by atoms with van der Waals surface area (Å²) in [5.74, 6) is -0.859. The topological polar surface area (TPSA) is 58.6 Å². The van der Waals surface area contributed by atoms with Gasteiger partial charge in [-0.05, 0) is 48.9 Å². The van der Waals surface area contributed by atoms with E-state index in [1.165, 1.54) is 55.5 Å². The van der Waals surface area contributed by atoms with E-state index in [4.69, 9.17) is 4.74 Å². The smallest absolute Gasteiger partial charge is 0.258 e. The molecule has 0 fully saturated rings. The molecule has 1 amide bonds. The fourth-order valence-electron chi connectivity index (χ4n) is 1.91. The van der Waals surface area contributed by atoms with Gasteiger partial charge in [-0.25, -0.2) is 8.78 Å². The lowest BCUT2D eigenvalue weighted by Gasteiger charge is -2.24. The number of hydrogen-bond donors (Lipinski definition) is 2. The maximum atomic E-state index is 12.9. The highest BCUT2D eigenvalue weighted by molar-refractivity contribution is 5.77. The summed E-state index contributed by atoms with van der Waals surface area (Å²) >= 11 is 0. The van der Waals surface area contributed by atoms with Crippen LogP contribution in [0.5, 0.6) is 5.75 Å². The van der Waals surface area contributed by atoms with Crippen molar-refractivity contribution in [1.82, 2.24) is 5.32 Å². The number of carbonyl (C=O) groups excluding carboxylic acids is 1. The van der Waals surface area contributed by atoms with E-state index in [2.05, 4.69) is 5.32 Å². The van der Waals surface area contributed by atoms with Gasteiger partial charge in [0.05, 0.1) is 6.54 Å². The van der Waals surface area contributed by atoms with E-state index in [0.717, 1.165) is 0 Å². The van der Waals surface area contributed by atoms with E-state index in [9.17, 15) is 18.7 Å². The van der Waals surface area contributed by atoms with E-state index in [0.29, 0.717) is 11.3 Å². The summed E-state index contributed by atoms with van der Waals surface area (Å²) in [7, 11) is 0. The minimum Gasteiger partial charge on any atom is -0.484 e. The third kappa shape index (κ3) is 5.03. The lowest BCUT2D eigenvalue weighted by Crippen LogP contribution is -2.40. The lowest BCUT2D eigenvalue weighted by atomic mass is 9.96. The van der Waals surface area contributed by atoms with Crippen molar-refractivity contribution in [3.05, 3.63) is 65.7 Å². The zero-order valence-electron chi connectivity index (χ0n) is 12.6. The zero-order chi connectivity index (χ0) is 16.9. The summed E-state index contributed by atoms with van der Waals surface area (Å²) in [4.78, 5) is 11.7. The zero-order valence-corrected chi connectivity index (χ0v) is 12.6. The Bertz CT molecular complexity index is 655. The van der Waals surface area contributed by atoms with Crippen LogP contribution in [0.1, 0.15) is 12.5 Å². The van der Waals surface area contributed by atoms with Crippen LogP contribution in [0.2, 0.25) is 0 Å². The third-order valence-electron chi connectivity index (χ3n) is 3.28. The van der Waals surface area contributed by atoms with Crippen molar-refractivity contribution in [3.8, 4) is 5.75 Å². The number of rotatable bonds is 6. The van der Waals surface area contributed by atoms with E-state index in [-0.39, 0.29) is 13.2 Å². The van der Waals surface area contributed by atoms with E-state index in [1.807, 2.05) is 0 Å². The molecule has 0 aliphatic rings. The Morgan fingerprint density at radius 1 is 1.09 bits per heavy atom. The molecule has 2 rings (SSSR count). The van der Waals surface area contributed by atoms with E-state index in [1.54, 1.807) is 0 Å². The third-order valence-corrected chi connectivity index (χ3v) is 3.28. The first-order valence-electron chi connectivity index (χ1n) is 7.00. The molecule has 0 bridgehead atoms. The van der Waals surface area contributed by atoms with Crippen LogP contribution in [-0.4, -0.2) is 24.2 Å². The second-order valence-corrected chi connectivity index (χ2v) is 5.30. The van der Waals surface area contributed by atoms with Crippen molar-refractivity contribution in [2.75, 3.05) is 13.2 Å². The summed E-state index contributed by atoms with van der Waals surface area (Å²) < 4.78 is 30.8. The molecule has 0 radical (unpaired) electrons. The Labute approximate surface area is 132 Å². The van der Waals surface area contributed by atoms with Gasteiger partial charge in [0.1, 0.15) is 23.0 Å². The quantitative estimate of drug-likeness (QED) is 0.859. The highest BCUT2D eigenvalue weighted by Crippen LogP contribution is 2.19. The van der Waals surface area contributed by atoms with Crippen molar-refractivity contribution >= 4 is 5.91 Å². The van der Waals surface area contributed by atoms with E-state index < -0.39 is 23.1 Å². The lowest BCUT2D eigenvalue weighted by molar-refractivity contribution is -0.124. The molecule has 0 aromatic heterocycles. The molecule has 1 atom stereocenters. The molecule has 0 spiro atoms. The van der Waals surface area contributed by atoms with Crippen LogP contribution in [0, 0.1) is 11.6 Å². The van der Waals surface area contributed by atoms with Gasteiger partial charge in [-0.15, -0.1) is 0 Å². The standard InChI is InChI=1S/C17H17F2NO3/c1-17(22,12-2-4-13(18)5-3-12)11-20-16(21)10-23-15-8-6-14(19)7-9-15/h2-9,22H,10-11H2,1H3,(H,20,21). The minimum absolute atomic E-state index is 0.0513. The molecule has 0 heterocycles. The summed E-state index contributed by atoms with van der Waals surface area (Å²) in [5, 5.41) is 12.9. The molecule has 0 saturated heterocycles. The first-order valence-corrected chi connectivity index (χ1v) is 7.00. The molecule has 0 aliphatic heterocycles. The Morgan fingerprint density at radius 2 is 1.61 bits per heavy atom. The maximum absolute atomic E-state index is 12.9. The van der Waals surface area contributed by atoms with Crippen molar-refractivity contribution < 1.29 is 23.4 Å². The molecule has 0 saturated carbocycles. The van der Waals surface area contributed by atoms with Crippen LogP contribution >= 0.6 is 0 Å². The molecule has 2 N–H and O–H groups in total. The van der Waals surface area contributed by atoms with Crippen LogP contribution in [0.4, 0.5) is 8.78 Å². The van der Waals surface area contributed by atoms with Gasteiger partial charge in [0, 0.05) is 0 Å². The Hall–Kier alpha value is -2.47. The summed E-state index contributed by atoms with van der Waals surface area (Å²) in [6.07, 6.45) is 0. The van der Waals surface area contributed by atoms with Gasteiger partial charge in [0.25, 0.3) is 5.91 Å². The molecule has 23 heavy (non-hydrogen) atoms. The molecule has 2 aromatic carbocycles. The van der Waals surface area contributed by atoms with Gasteiger partial charge < -0.3 is 15.2 Å². The number of carbonyl (C=O) groups is 1. The molecule has 6 heteroatoms. The van der Waals surface area contributed by atoms with Gasteiger partial charge in [0.2, 0.25) is 0 Å². The second kappa shape index (κ2) is 7.19. The van der Waals surface area contributed by atoms with E-state index >= 15 is 0 Å². The molecule has 2 aromatic rings. The monoisotopic (exact) mass is 321 g/mol. The summed E-state index contributed by atoms with van der Waals surface area (Å²) in [6.45, 7) is 1.21. The number of ether oxygens (including phenoxy) is 1. The van der Waals surface area contributed by atoms with Gasteiger partial charge in [-0.2, -0.15) is 0 Å². The largest absolute Gasteiger partial charge is 0.484 e. The first-order chi connectivity index (χ1) is 10.9. The molecule has 1 unspecified atom stereocenters. The predicted molar refractivity (Wildman–Crippen MR) is 80.9 cm³/mol. The summed E-state index contributed by atoms with van der Waals surface area (Å²) in [6, 6.07) is 10.7. The minimum atomic E-state index is -1.33. The number of nitrogens with one attached hydrogen (secondary N) is 1. The second-order valence-electron chi connectivity index (χ2n) is 5.30. The predicted octanol–water partition coefficient (Wildman–Crippen LogP) is 2.37. The fraction of sp³-hybridized carbons (Fsp3) is 0.235. The number of benzene rings is 2. The van der Waals surface area contributed by atoms with Crippen molar-refractivity contribution in [3.63, 3.8) is 0 Å². The number of aliphatic hydroxyl groups is 1. The highest BCUT2D eigenvalue weighted by atomic mass is 19.1.